The molecule has 4 aromatic rings. The lowest BCUT2D eigenvalue weighted by molar-refractivity contribution is 0.0957. The van der Waals surface area contributed by atoms with Gasteiger partial charge in [0.2, 0.25) is 5.95 Å². The zero-order valence-electron chi connectivity index (χ0n) is 18.6. The van der Waals surface area contributed by atoms with E-state index < -0.39 is 11.7 Å². The Morgan fingerprint density at radius 3 is 2.71 bits per heavy atom. The highest BCUT2D eigenvalue weighted by Crippen LogP contribution is 2.20. The number of anilines is 4. The van der Waals surface area contributed by atoms with Gasteiger partial charge in [-0.3, -0.25) is 15.6 Å². The van der Waals surface area contributed by atoms with Crippen LogP contribution in [0, 0.1) is 5.82 Å². The second-order valence-corrected chi connectivity index (χ2v) is 7.62. The number of imidazole rings is 1. The van der Waals surface area contributed by atoms with Crippen LogP contribution in [0.3, 0.4) is 0 Å². The summed E-state index contributed by atoms with van der Waals surface area (Å²) in [5, 5.41) is 3.26. The predicted octanol–water partition coefficient (Wildman–Crippen LogP) is 2.53. The van der Waals surface area contributed by atoms with Crippen molar-refractivity contribution >= 4 is 29.0 Å². The number of pyridine rings is 1. The highest BCUT2D eigenvalue weighted by Gasteiger charge is 2.18. The molecule has 0 spiro atoms. The fraction of sp³-hybridized carbons (Fsp3) is 0.174. The Balaban J connectivity index is 1.19. The number of ether oxygens (including phenoxy) is 1. The van der Waals surface area contributed by atoms with Crippen LogP contribution in [0.1, 0.15) is 10.5 Å². The van der Waals surface area contributed by atoms with Gasteiger partial charge in [0.25, 0.3) is 5.91 Å². The van der Waals surface area contributed by atoms with E-state index in [1.54, 1.807) is 35.8 Å². The third-order valence-electron chi connectivity index (χ3n) is 5.26. The van der Waals surface area contributed by atoms with Crippen LogP contribution in [-0.4, -0.2) is 56.7 Å². The van der Waals surface area contributed by atoms with E-state index in [2.05, 4.69) is 36.1 Å². The molecule has 5 rings (SSSR count). The number of hydrazine groups is 1. The zero-order valence-corrected chi connectivity index (χ0v) is 18.6. The summed E-state index contributed by atoms with van der Waals surface area (Å²) in [6, 6.07) is 11.1. The minimum Gasteiger partial charge on any atom is -0.378 e. The van der Waals surface area contributed by atoms with Crippen molar-refractivity contribution in [1.82, 2.24) is 29.9 Å². The van der Waals surface area contributed by atoms with Gasteiger partial charge in [-0.1, -0.05) is 6.07 Å². The van der Waals surface area contributed by atoms with Gasteiger partial charge in [-0.25, -0.2) is 19.3 Å². The Kier molecular flexibility index (Phi) is 6.44. The molecule has 178 valence electrons. The lowest BCUT2D eigenvalue weighted by Gasteiger charge is -2.28. The van der Waals surface area contributed by atoms with Crippen LogP contribution in [0.2, 0.25) is 0 Å². The standard InChI is InChI=1S/C23H22FN9O2/c24-19-14-27-23(29-21(19)32-8-10-35-11-9-32)31-30-22(34)20-5-4-17(13-26-20)28-16-2-1-3-18(12-16)33-7-6-25-15-33/h1-7,12-15,28H,8-11H2,(H,30,34)(H,27,29,31). The van der Waals surface area contributed by atoms with Gasteiger partial charge in [0.15, 0.2) is 11.6 Å². The van der Waals surface area contributed by atoms with E-state index in [4.69, 9.17) is 4.74 Å². The van der Waals surface area contributed by atoms with Crippen LogP contribution >= 0.6 is 0 Å². The largest absolute Gasteiger partial charge is 0.378 e. The van der Waals surface area contributed by atoms with Gasteiger partial charge in [-0.05, 0) is 30.3 Å². The first-order valence-electron chi connectivity index (χ1n) is 10.9. The number of morpholine rings is 1. The maximum absolute atomic E-state index is 14.2. The Morgan fingerprint density at radius 1 is 1.06 bits per heavy atom. The Hall–Kier alpha value is -4.58. The highest BCUT2D eigenvalue weighted by molar-refractivity contribution is 5.93. The van der Waals surface area contributed by atoms with Crippen molar-refractivity contribution in [1.29, 1.82) is 0 Å². The predicted molar refractivity (Wildman–Crippen MR) is 127 cm³/mol. The van der Waals surface area contributed by atoms with Gasteiger partial charge in [0.05, 0.1) is 37.6 Å². The molecule has 0 aliphatic carbocycles. The van der Waals surface area contributed by atoms with Gasteiger partial charge in [0, 0.05) is 36.9 Å². The maximum atomic E-state index is 14.2. The number of carbonyl (C=O) groups is 1. The molecular formula is C23H22FN9O2. The average molecular weight is 475 g/mol. The highest BCUT2D eigenvalue weighted by atomic mass is 19.1. The summed E-state index contributed by atoms with van der Waals surface area (Å²) >= 11 is 0. The van der Waals surface area contributed by atoms with Crippen molar-refractivity contribution in [2.24, 2.45) is 0 Å². The molecule has 3 N–H and O–H groups in total. The molecule has 0 atom stereocenters. The molecule has 12 heteroatoms. The summed E-state index contributed by atoms with van der Waals surface area (Å²) in [6.07, 6.45) is 7.93. The summed E-state index contributed by atoms with van der Waals surface area (Å²) in [6.45, 7) is 2.04. The number of rotatable bonds is 7. The molecule has 1 amide bonds. The van der Waals surface area contributed by atoms with Crippen molar-refractivity contribution in [3.8, 4) is 5.69 Å². The lowest BCUT2D eigenvalue weighted by Crippen LogP contribution is -2.38. The number of nitrogens with zero attached hydrogens (tertiary/aromatic N) is 6. The molecule has 35 heavy (non-hydrogen) atoms. The minimum atomic E-state index is -0.538. The zero-order chi connectivity index (χ0) is 24.0. The molecule has 1 aliphatic heterocycles. The summed E-state index contributed by atoms with van der Waals surface area (Å²) in [7, 11) is 0. The quantitative estimate of drug-likeness (QED) is 0.346. The molecule has 1 aromatic carbocycles. The second kappa shape index (κ2) is 10.1. The monoisotopic (exact) mass is 475 g/mol. The summed E-state index contributed by atoms with van der Waals surface area (Å²) in [5.74, 6) is -0.799. The van der Waals surface area contributed by atoms with Gasteiger partial charge in [-0.2, -0.15) is 4.98 Å². The number of hydrogen-bond donors (Lipinski definition) is 3. The molecule has 0 unspecified atom stereocenters. The third-order valence-corrected chi connectivity index (χ3v) is 5.26. The Morgan fingerprint density at radius 2 is 1.94 bits per heavy atom. The minimum absolute atomic E-state index is 0.0669. The van der Waals surface area contributed by atoms with E-state index in [1.165, 1.54) is 0 Å². The Bertz CT molecular complexity index is 1290. The molecular weight excluding hydrogens is 453 g/mol. The van der Waals surface area contributed by atoms with Crippen molar-refractivity contribution < 1.29 is 13.9 Å². The lowest BCUT2D eigenvalue weighted by atomic mass is 10.2. The summed E-state index contributed by atoms with van der Waals surface area (Å²) < 4.78 is 21.4. The SMILES string of the molecule is O=C(NNc1ncc(F)c(N2CCOCC2)n1)c1ccc(Nc2cccc(-n3ccnc3)c2)cn1. The first-order valence-corrected chi connectivity index (χ1v) is 10.9. The molecule has 1 saturated heterocycles. The van der Waals surface area contributed by atoms with Crippen LogP contribution in [0.15, 0.2) is 67.5 Å². The first kappa shape index (κ1) is 22.2. The van der Waals surface area contributed by atoms with E-state index >= 15 is 0 Å². The molecule has 11 nitrogen and oxygen atoms in total. The maximum Gasteiger partial charge on any atom is 0.288 e. The first-order chi connectivity index (χ1) is 17.2. The van der Waals surface area contributed by atoms with Crippen molar-refractivity contribution in [3.63, 3.8) is 0 Å². The van der Waals surface area contributed by atoms with E-state index in [1.807, 2.05) is 35.0 Å². The summed E-state index contributed by atoms with van der Waals surface area (Å²) in [4.78, 5) is 30.6. The van der Waals surface area contributed by atoms with Crippen LogP contribution in [0.25, 0.3) is 5.69 Å². The molecule has 1 fully saturated rings. The van der Waals surface area contributed by atoms with Gasteiger partial charge in [0.1, 0.15) is 5.69 Å². The average Bonchev–Trinajstić information content (AvgIpc) is 3.44. The van der Waals surface area contributed by atoms with Crippen molar-refractivity contribution in [3.05, 3.63) is 79.0 Å². The summed E-state index contributed by atoms with van der Waals surface area (Å²) in [5.41, 5.74) is 7.83. The third kappa shape index (κ3) is 5.33. The van der Waals surface area contributed by atoms with E-state index in [-0.39, 0.29) is 17.5 Å². The van der Waals surface area contributed by atoms with Crippen LogP contribution in [0.5, 0.6) is 0 Å². The number of carbonyl (C=O) groups excluding carboxylic acids is 1. The van der Waals surface area contributed by atoms with Crippen molar-refractivity contribution in [2.45, 2.75) is 0 Å². The van der Waals surface area contributed by atoms with Gasteiger partial charge < -0.3 is 19.5 Å². The van der Waals surface area contributed by atoms with Crippen LogP contribution < -0.4 is 21.1 Å². The second-order valence-electron chi connectivity index (χ2n) is 7.62. The van der Waals surface area contributed by atoms with Gasteiger partial charge in [-0.15, -0.1) is 0 Å². The van der Waals surface area contributed by atoms with E-state index in [9.17, 15) is 9.18 Å². The molecule has 3 aromatic heterocycles. The number of benzene rings is 1. The molecule has 0 radical (unpaired) electrons. The van der Waals surface area contributed by atoms with Crippen molar-refractivity contribution in [2.75, 3.05) is 41.9 Å². The number of amides is 1. The molecule has 1 aliphatic rings. The van der Waals surface area contributed by atoms with Crippen LogP contribution in [-0.2, 0) is 4.74 Å². The number of nitrogens with one attached hydrogen (secondary N) is 3. The number of halogens is 1. The van der Waals surface area contributed by atoms with Gasteiger partial charge >= 0.3 is 0 Å². The molecule has 0 bridgehead atoms. The Labute approximate surface area is 200 Å². The normalized spacial score (nSPS) is 13.3. The fourth-order valence-corrected chi connectivity index (χ4v) is 3.52. The van der Waals surface area contributed by atoms with E-state index in [0.717, 1.165) is 17.6 Å². The van der Waals surface area contributed by atoms with E-state index in [0.29, 0.717) is 32.0 Å². The molecule has 4 heterocycles. The topological polar surface area (TPSA) is 122 Å². The fourth-order valence-electron chi connectivity index (χ4n) is 3.52. The number of hydrogen-bond acceptors (Lipinski definition) is 9. The molecule has 0 saturated carbocycles. The number of aromatic nitrogens is 5. The van der Waals surface area contributed by atoms with Crippen LogP contribution in [0.4, 0.5) is 27.5 Å². The smallest absolute Gasteiger partial charge is 0.288 e.